The molecule has 5 nitrogen and oxygen atoms in total. The zero-order valence-electron chi connectivity index (χ0n) is 11.5. The summed E-state index contributed by atoms with van der Waals surface area (Å²) in [4.78, 5) is 11.8. The lowest BCUT2D eigenvalue weighted by Gasteiger charge is -2.29. The maximum Gasteiger partial charge on any atom is 0.230 e. The van der Waals surface area contributed by atoms with Gasteiger partial charge in [-0.05, 0) is 26.2 Å². The molecule has 2 atom stereocenters. The zero-order valence-corrected chi connectivity index (χ0v) is 13.1. The van der Waals surface area contributed by atoms with Crippen LogP contribution in [0.4, 0.5) is 0 Å². The van der Waals surface area contributed by atoms with E-state index in [2.05, 4.69) is 5.32 Å². The maximum absolute atomic E-state index is 11.8. The SMILES string of the molecule is CCC(C)(CCO)NC(=O)CSC1CCS(=O)(=O)C1. The van der Waals surface area contributed by atoms with E-state index in [1.54, 1.807) is 0 Å². The molecular weight excluding hydrogens is 286 g/mol. The lowest BCUT2D eigenvalue weighted by molar-refractivity contribution is -0.120. The van der Waals surface area contributed by atoms with Gasteiger partial charge in [0.15, 0.2) is 9.84 Å². The van der Waals surface area contributed by atoms with Gasteiger partial charge in [-0.25, -0.2) is 8.42 Å². The molecule has 1 heterocycles. The summed E-state index contributed by atoms with van der Waals surface area (Å²) in [6.07, 6.45) is 1.92. The monoisotopic (exact) mass is 309 g/mol. The van der Waals surface area contributed by atoms with Gasteiger partial charge in [-0.3, -0.25) is 4.79 Å². The fraction of sp³-hybridized carbons (Fsp3) is 0.917. The summed E-state index contributed by atoms with van der Waals surface area (Å²) in [7, 11) is -2.88. The molecule has 0 aromatic rings. The number of sulfone groups is 1. The normalized spacial score (nSPS) is 24.9. The quantitative estimate of drug-likeness (QED) is 0.718. The van der Waals surface area contributed by atoms with Gasteiger partial charge in [0.1, 0.15) is 0 Å². The number of rotatable bonds is 7. The van der Waals surface area contributed by atoms with Crippen LogP contribution in [0.15, 0.2) is 0 Å². The first kappa shape index (κ1) is 16.8. The molecular formula is C12H23NO4S2. The minimum absolute atomic E-state index is 0.0403. The van der Waals surface area contributed by atoms with Gasteiger partial charge in [0.05, 0.1) is 17.3 Å². The van der Waals surface area contributed by atoms with Crippen LogP contribution in [0.25, 0.3) is 0 Å². The van der Waals surface area contributed by atoms with E-state index in [0.717, 1.165) is 6.42 Å². The summed E-state index contributed by atoms with van der Waals surface area (Å²) in [5.41, 5.74) is -0.381. The summed E-state index contributed by atoms with van der Waals surface area (Å²) >= 11 is 1.41. The Morgan fingerprint density at radius 2 is 2.21 bits per heavy atom. The second kappa shape index (κ2) is 6.95. The number of aliphatic hydroxyl groups excluding tert-OH is 1. The molecule has 0 radical (unpaired) electrons. The summed E-state index contributed by atoms with van der Waals surface area (Å²) in [5.74, 6) is 0.615. The number of hydrogen-bond acceptors (Lipinski definition) is 5. The third-order valence-electron chi connectivity index (χ3n) is 3.53. The fourth-order valence-electron chi connectivity index (χ4n) is 2.03. The molecule has 0 aromatic heterocycles. The summed E-state index contributed by atoms with van der Waals surface area (Å²) in [6, 6.07) is 0. The van der Waals surface area contributed by atoms with Crippen LogP contribution in [0.1, 0.15) is 33.1 Å². The van der Waals surface area contributed by atoms with Crippen LogP contribution in [0.2, 0.25) is 0 Å². The molecule has 1 saturated heterocycles. The first-order chi connectivity index (χ1) is 8.80. The summed E-state index contributed by atoms with van der Waals surface area (Å²) in [6.45, 7) is 3.91. The second-order valence-electron chi connectivity index (χ2n) is 5.27. The van der Waals surface area contributed by atoms with Crippen LogP contribution >= 0.6 is 11.8 Å². The van der Waals surface area contributed by atoms with Gasteiger partial charge in [0.2, 0.25) is 5.91 Å². The molecule has 1 amide bonds. The van der Waals surface area contributed by atoms with Gasteiger partial charge in [-0.2, -0.15) is 0 Å². The van der Waals surface area contributed by atoms with Crippen molar-refractivity contribution in [3.05, 3.63) is 0 Å². The smallest absolute Gasteiger partial charge is 0.230 e. The molecule has 1 fully saturated rings. The Balaban J connectivity index is 2.36. The Kier molecular flexibility index (Phi) is 6.14. The van der Waals surface area contributed by atoms with Crippen molar-refractivity contribution in [2.45, 2.75) is 43.9 Å². The lowest BCUT2D eigenvalue weighted by Crippen LogP contribution is -2.47. The molecule has 19 heavy (non-hydrogen) atoms. The molecule has 1 rings (SSSR count). The van der Waals surface area contributed by atoms with Crippen molar-refractivity contribution in [2.24, 2.45) is 0 Å². The first-order valence-electron chi connectivity index (χ1n) is 6.54. The van der Waals surface area contributed by atoms with Gasteiger partial charge in [0.25, 0.3) is 0 Å². The maximum atomic E-state index is 11.8. The van der Waals surface area contributed by atoms with E-state index in [-0.39, 0.29) is 40.6 Å². The highest BCUT2D eigenvalue weighted by Gasteiger charge is 2.29. The molecule has 2 unspecified atom stereocenters. The van der Waals surface area contributed by atoms with Gasteiger partial charge >= 0.3 is 0 Å². The average molecular weight is 309 g/mol. The van der Waals surface area contributed by atoms with Gasteiger partial charge in [-0.15, -0.1) is 11.8 Å². The molecule has 1 aliphatic rings. The van der Waals surface area contributed by atoms with Crippen LogP contribution in [-0.2, 0) is 14.6 Å². The molecule has 0 aromatic carbocycles. The van der Waals surface area contributed by atoms with Crippen molar-refractivity contribution in [1.82, 2.24) is 5.32 Å². The van der Waals surface area contributed by atoms with E-state index in [1.165, 1.54) is 11.8 Å². The van der Waals surface area contributed by atoms with E-state index < -0.39 is 9.84 Å². The summed E-state index contributed by atoms with van der Waals surface area (Å²) in [5, 5.41) is 11.9. The Bertz CT molecular complexity index is 410. The van der Waals surface area contributed by atoms with Gasteiger partial charge < -0.3 is 10.4 Å². The van der Waals surface area contributed by atoms with E-state index in [4.69, 9.17) is 5.11 Å². The number of hydrogen-bond donors (Lipinski definition) is 2. The Morgan fingerprint density at radius 1 is 1.53 bits per heavy atom. The van der Waals surface area contributed by atoms with Crippen molar-refractivity contribution >= 4 is 27.5 Å². The number of carbonyl (C=O) groups excluding carboxylic acids is 1. The Morgan fingerprint density at radius 3 is 2.68 bits per heavy atom. The third kappa shape index (κ3) is 5.71. The molecule has 0 bridgehead atoms. The van der Waals surface area contributed by atoms with Crippen molar-refractivity contribution < 1.29 is 18.3 Å². The standard InChI is InChI=1S/C12H23NO4S2/c1-3-12(2,5-6-14)13-11(15)8-18-10-4-7-19(16,17)9-10/h10,14H,3-9H2,1-2H3,(H,13,15). The van der Waals surface area contributed by atoms with Crippen LogP contribution in [0.3, 0.4) is 0 Å². The zero-order chi connectivity index (χ0) is 14.5. The van der Waals surface area contributed by atoms with Crippen molar-refractivity contribution in [1.29, 1.82) is 0 Å². The molecule has 0 saturated carbocycles. The predicted molar refractivity (Wildman–Crippen MR) is 78.1 cm³/mol. The average Bonchev–Trinajstić information content (AvgIpc) is 2.67. The van der Waals surface area contributed by atoms with Crippen molar-refractivity contribution in [3.8, 4) is 0 Å². The van der Waals surface area contributed by atoms with Crippen LogP contribution in [-0.4, -0.2) is 54.1 Å². The van der Waals surface area contributed by atoms with Crippen LogP contribution < -0.4 is 5.32 Å². The van der Waals surface area contributed by atoms with Crippen LogP contribution in [0.5, 0.6) is 0 Å². The summed E-state index contributed by atoms with van der Waals surface area (Å²) < 4.78 is 22.6. The highest BCUT2D eigenvalue weighted by Crippen LogP contribution is 2.24. The highest BCUT2D eigenvalue weighted by atomic mass is 32.2. The van der Waals surface area contributed by atoms with E-state index >= 15 is 0 Å². The minimum atomic E-state index is -2.88. The molecule has 1 aliphatic heterocycles. The largest absolute Gasteiger partial charge is 0.396 e. The fourth-order valence-corrected chi connectivity index (χ4v) is 5.48. The molecule has 2 N–H and O–H groups in total. The molecule has 0 spiro atoms. The molecule has 0 aliphatic carbocycles. The number of carbonyl (C=O) groups is 1. The first-order valence-corrected chi connectivity index (χ1v) is 9.41. The second-order valence-corrected chi connectivity index (χ2v) is 8.79. The van der Waals surface area contributed by atoms with E-state index in [9.17, 15) is 13.2 Å². The number of amides is 1. The molecule has 112 valence electrons. The van der Waals surface area contributed by atoms with Crippen molar-refractivity contribution in [3.63, 3.8) is 0 Å². The third-order valence-corrected chi connectivity index (χ3v) is 6.81. The predicted octanol–water partition coefficient (Wildman–Crippen LogP) is 0.574. The van der Waals surface area contributed by atoms with Gasteiger partial charge in [0, 0.05) is 17.4 Å². The Hall–Kier alpha value is -0.270. The van der Waals surface area contributed by atoms with Crippen LogP contribution in [0, 0.1) is 0 Å². The van der Waals surface area contributed by atoms with Gasteiger partial charge in [-0.1, -0.05) is 6.92 Å². The lowest BCUT2D eigenvalue weighted by atomic mass is 9.95. The Labute approximate surface area is 119 Å². The molecule has 7 heteroatoms. The number of nitrogens with one attached hydrogen (secondary N) is 1. The number of thioether (sulfide) groups is 1. The van der Waals surface area contributed by atoms with Crippen molar-refractivity contribution in [2.75, 3.05) is 23.9 Å². The van der Waals surface area contributed by atoms with E-state index in [0.29, 0.717) is 12.8 Å². The topological polar surface area (TPSA) is 83.5 Å². The van der Waals surface area contributed by atoms with E-state index in [1.807, 2.05) is 13.8 Å². The minimum Gasteiger partial charge on any atom is -0.396 e. The highest BCUT2D eigenvalue weighted by molar-refractivity contribution is 8.02. The number of aliphatic hydroxyl groups is 1.